The number of carbonyl (C=O) groups excluding carboxylic acids is 1. The molecule has 1 heterocycles. The van der Waals surface area contributed by atoms with E-state index in [0.717, 1.165) is 11.3 Å². The highest BCUT2D eigenvalue weighted by Crippen LogP contribution is 2.16. The van der Waals surface area contributed by atoms with Crippen molar-refractivity contribution in [3.63, 3.8) is 0 Å². The van der Waals surface area contributed by atoms with Crippen molar-refractivity contribution in [2.24, 2.45) is 7.05 Å². The second-order valence-electron chi connectivity index (χ2n) is 4.68. The smallest absolute Gasteiger partial charge is 0.320 e. The first-order chi connectivity index (χ1) is 9.99. The molecule has 2 rings (SSSR count). The molecular weight excluding hydrogens is 292 g/mol. The van der Waals surface area contributed by atoms with Crippen LogP contribution in [0.1, 0.15) is 17.3 Å². The fourth-order valence-electron chi connectivity index (χ4n) is 1.97. The summed E-state index contributed by atoms with van der Waals surface area (Å²) >= 11 is 5.82. The van der Waals surface area contributed by atoms with Crippen LogP contribution in [0.4, 0.5) is 10.6 Å². The van der Waals surface area contributed by atoms with E-state index in [9.17, 15) is 9.90 Å². The largest absolute Gasteiger partial charge is 0.394 e. The van der Waals surface area contributed by atoms with Crippen LogP contribution in [-0.2, 0) is 7.05 Å². The van der Waals surface area contributed by atoms with E-state index < -0.39 is 12.1 Å². The van der Waals surface area contributed by atoms with Crippen molar-refractivity contribution >= 4 is 23.4 Å². The first kappa shape index (κ1) is 15.3. The van der Waals surface area contributed by atoms with Crippen LogP contribution in [0.15, 0.2) is 30.3 Å². The maximum Gasteiger partial charge on any atom is 0.320 e. The van der Waals surface area contributed by atoms with Crippen LogP contribution in [0.25, 0.3) is 0 Å². The van der Waals surface area contributed by atoms with Crippen molar-refractivity contribution in [3.8, 4) is 0 Å². The Bertz CT molecular complexity index is 624. The van der Waals surface area contributed by atoms with Crippen molar-refractivity contribution in [2.45, 2.75) is 13.0 Å². The fraction of sp³-hybridized carbons (Fsp3) is 0.286. The Balaban J connectivity index is 2.03. The monoisotopic (exact) mass is 308 g/mol. The third-order valence-corrected chi connectivity index (χ3v) is 3.26. The van der Waals surface area contributed by atoms with Gasteiger partial charge in [0, 0.05) is 18.1 Å². The standard InChI is InChI=1S/C14H17ClN4O2/c1-9-7-13(19(2)18-9)17-14(21)16-12(8-20)10-3-5-11(15)6-4-10/h3-7,12,20H,8H2,1-2H3,(H2,16,17,21). The molecule has 0 aliphatic rings. The molecule has 3 N–H and O–H groups in total. The number of hydrogen-bond acceptors (Lipinski definition) is 3. The van der Waals surface area contributed by atoms with Crippen molar-refractivity contribution < 1.29 is 9.90 Å². The van der Waals surface area contributed by atoms with Crippen LogP contribution in [-0.4, -0.2) is 27.5 Å². The van der Waals surface area contributed by atoms with Gasteiger partial charge in [-0.05, 0) is 24.6 Å². The number of halogens is 1. The SMILES string of the molecule is Cc1cc(NC(=O)NC(CO)c2ccc(Cl)cc2)n(C)n1. The van der Waals surface area contributed by atoms with E-state index in [2.05, 4.69) is 15.7 Å². The maximum atomic E-state index is 12.0. The van der Waals surface area contributed by atoms with Crippen LogP contribution in [0.3, 0.4) is 0 Å². The fourth-order valence-corrected chi connectivity index (χ4v) is 2.09. The number of amides is 2. The van der Waals surface area contributed by atoms with Crippen molar-refractivity contribution in [2.75, 3.05) is 11.9 Å². The van der Waals surface area contributed by atoms with Gasteiger partial charge in [0.2, 0.25) is 0 Å². The lowest BCUT2D eigenvalue weighted by Gasteiger charge is -2.17. The Labute approximate surface area is 127 Å². The lowest BCUT2D eigenvalue weighted by atomic mass is 10.1. The minimum atomic E-state index is -0.503. The topological polar surface area (TPSA) is 79.2 Å². The number of nitrogens with one attached hydrogen (secondary N) is 2. The van der Waals surface area contributed by atoms with Crippen LogP contribution in [0.2, 0.25) is 5.02 Å². The Kier molecular flexibility index (Phi) is 4.82. The van der Waals surface area contributed by atoms with E-state index in [4.69, 9.17) is 11.6 Å². The van der Waals surface area contributed by atoms with E-state index in [0.29, 0.717) is 10.8 Å². The van der Waals surface area contributed by atoms with Gasteiger partial charge in [0.15, 0.2) is 0 Å². The summed E-state index contributed by atoms with van der Waals surface area (Å²) in [4.78, 5) is 12.0. The molecule has 21 heavy (non-hydrogen) atoms. The number of aromatic nitrogens is 2. The quantitative estimate of drug-likeness (QED) is 0.810. The van der Waals surface area contributed by atoms with Gasteiger partial charge in [-0.3, -0.25) is 10.00 Å². The molecule has 0 aliphatic carbocycles. The van der Waals surface area contributed by atoms with Gasteiger partial charge in [0.05, 0.1) is 18.3 Å². The average Bonchev–Trinajstić information content (AvgIpc) is 2.75. The Morgan fingerprint density at radius 2 is 2.10 bits per heavy atom. The number of anilines is 1. The van der Waals surface area contributed by atoms with E-state index >= 15 is 0 Å². The first-order valence-corrected chi connectivity index (χ1v) is 6.82. The summed E-state index contributed by atoms with van der Waals surface area (Å²) in [6.07, 6.45) is 0. The molecule has 0 spiro atoms. The van der Waals surface area contributed by atoms with E-state index in [1.807, 2.05) is 6.92 Å². The molecule has 0 aliphatic heterocycles. The molecule has 0 radical (unpaired) electrons. The molecular formula is C14H17ClN4O2. The van der Waals surface area contributed by atoms with E-state index in [-0.39, 0.29) is 6.61 Å². The molecule has 2 aromatic rings. The van der Waals surface area contributed by atoms with E-state index in [1.54, 1.807) is 42.1 Å². The van der Waals surface area contributed by atoms with Crippen molar-refractivity contribution in [1.29, 1.82) is 0 Å². The summed E-state index contributed by atoms with van der Waals surface area (Å²) < 4.78 is 1.57. The number of benzene rings is 1. The molecule has 2 amide bonds. The summed E-state index contributed by atoms with van der Waals surface area (Å²) in [6, 6.07) is 7.79. The molecule has 0 saturated heterocycles. The van der Waals surface area contributed by atoms with Gasteiger partial charge in [0.25, 0.3) is 0 Å². The number of urea groups is 1. The average molecular weight is 309 g/mol. The van der Waals surface area contributed by atoms with Gasteiger partial charge in [-0.15, -0.1) is 0 Å². The number of hydrogen-bond donors (Lipinski definition) is 3. The number of aliphatic hydroxyl groups is 1. The zero-order chi connectivity index (χ0) is 15.4. The van der Waals surface area contributed by atoms with Crippen LogP contribution >= 0.6 is 11.6 Å². The summed E-state index contributed by atoms with van der Waals surface area (Å²) in [5, 5.41) is 19.6. The molecule has 6 nitrogen and oxygen atoms in total. The maximum absolute atomic E-state index is 12.0. The molecule has 7 heteroatoms. The highest BCUT2D eigenvalue weighted by atomic mass is 35.5. The number of aryl methyl sites for hydroxylation is 2. The normalized spacial score (nSPS) is 12.0. The molecule has 1 atom stereocenters. The van der Waals surface area contributed by atoms with E-state index in [1.165, 1.54) is 0 Å². The highest BCUT2D eigenvalue weighted by Gasteiger charge is 2.14. The van der Waals surface area contributed by atoms with Crippen LogP contribution < -0.4 is 10.6 Å². The number of nitrogens with zero attached hydrogens (tertiary/aromatic N) is 2. The minimum Gasteiger partial charge on any atom is -0.394 e. The third-order valence-electron chi connectivity index (χ3n) is 3.00. The number of rotatable bonds is 4. The predicted octanol–water partition coefficient (Wildman–Crippen LogP) is 2.24. The molecule has 1 unspecified atom stereocenters. The second kappa shape index (κ2) is 6.60. The zero-order valence-electron chi connectivity index (χ0n) is 11.8. The van der Waals surface area contributed by atoms with Gasteiger partial charge in [0.1, 0.15) is 5.82 Å². The van der Waals surface area contributed by atoms with Gasteiger partial charge >= 0.3 is 6.03 Å². The molecule has 0 fully saturated rings. The molecule has 1 aromatic heterocycles. The summed E-state index contributed by atoms with van der Waals surface area (Å²) in [6.45, 7) is 1.63. The van der Waals surface area contributed by atoms with Crippen molar-refractivity contribution in [1.82, 2.24) is 15.1 Å². The highest BCUT2D eigenvalue weighted by molar-refractivity contribution is 6.30. The molecule has 0 bridgehead atoms. The second-order valence-corrected chi connectivity index (χ2v) is 5.12. The Morgan fingerprint density at radius 3 is 2.62 bits per heavy atom. The lowest BCUT2D eigenvalue weighted by Crippen LogP contribution is -2.34. The molecule has 1 aromatic carbocycles. The Hall–Kier alpha value is -2.05. The molecule has 112 valence electrons. The number of carbonyl (C=O) groups is 1. The van der Waals surface area contributed by atoms with Gasteiger partial charge in [-0.25, -0.2) is 4.79 Å². The van der Waals surface area contributed by atoms with Crippen LogP contribution in [0.5, 0.6) is 0 Å². The third kappa shape index (κ3) is 3.96. The summed E-state index contributed by atoms with van der Waals surface area (Å²) in [7, 11) is 1.74. The van der Waals surface area contributed by atoms with Crippen LogP contribution in [0, 0.1) is 6.92 Å². The lowest BCUT2D eigenvalue weighted by molar-refractivity contribution is 0.225. The first-order valence-electron chi connectivity index (χ1n) is 6.44. The zero-order valence-corrected chi connectivity index (χ0v) is 12.6. The van der Waals surface area contributed by atoms with Gasteiger partial charge in [-0.1, -0.05) is 23.7 Å². The Morgan fingerprint density at radius 1 is 1.43 bits per heavy atom. The van der Waals surface area contributed by atoms with Crippen molar-refractivity contribution in [3.05, 3.63) is 46.6 Å². The van der Waals surface area contributed by atoms with Gasteiger partial charge in [-0.2, -0.15) is 5.10 Å². The summed E-state index contributed by atoms with van der Waals surface area (Å²) in [5.41, 5.74) is 1.59. The van der Waals surface area contributed by atoms with Gasteiger partial charge < -0.3 is 10.4 Å². The predicted molar refractivity (Wildman–Crippen MR) is 81.4 cm³/mol. The minimum absolute atomic E-state index is 0.209. The summed E-state index contributed by atoms with van der Waals surface area (Å²) in [5.74, 6) is 0.581. The number of aliphatic hydroxyl groups excluding tert-OH is 1. The molecule has 0 saturated carbocycles.